The van der Waals surface area contributed by atoms with E-state index in [0.29, 0.717) is 25.9 Å². The molecule has 28 heavy (non-hydrogen) atoms. The maximum Gasteiger partial charge on any atom is 0.223 e. The van der Waals surface area contributed by atoms with Crippen LogP contribution >= 0.6 is 0 Å². The molecule has 1 aromatic carbocycles. The normalized spacial score (nSPS) is 22.9. The van der Waals surface area contributed by atoms with E-state index in [2.05, 4.69) is 19.2 Å². The summed E-state index contributed by atoms with van der Waals surface area (Å²) < 4.78 is 31.9. The summed E-state index contributed by atoms with van der Waals surface area (Å²) in [5, 5.41) is 3.25. The Balaban J connectivity index is 1.70. The average molecular weight is 409 g/mol. The molecular weight excluding hydrogens is 376 g/mol. The van der Waals surface area contributed by atoms with Gasteiger partial charge in [0.15, 0.2) is 0 Å². The van der Waals surface area contributed by atoms with E-state index in [4.69, 9.17) is 4.74 Å². The molecule has 6 nitrogen and oxygen atoms in total. The molecule has 1 saturated heterocycles. The van der Waals surface area contributed by atoms with Gasteiger partial charge in [0.25, 0.3) is 0 Å². The number of hydrogen-bond acceptors (Lipinski definition) is 4. The van der Waals surface area contributed by atoms with E-state index in [0.717, 1.165) is 30.6 Å². The molecule has 1 atom stereocenters. The molecule has 0 aliphatic carbocycles. The van der Waals surface area contributed by atoms with E-state index in [1.807, 2.05) is 24.3 Å². The smallest absolute Gasteiger partial charge is 0.223 e. The fourth-order valence-corrected chi connectivity index (χ4v) is 5.43. The minimum Gasteiger partial charge on any atom is -0.487 e. The van der Waals surface area contributed by atoms with Crippen LogP contribution in [0.25, 0.3) is 0 Å². The lowest BCUT2D eigenvalue weighted by molar-refractivity contribution is -0.127. The Morgan fingerprint density at radius 2 is 1.82 bits per heavy atom. The number of rotatable bonds is 6. The Bertz CT molecular complexity index is 796. The SMILES string of the molecule is CCC1(CC)C[C@@H](NC(=O)C2CCN(S(=O)(=O)CC)CC2)c2ccccc2O1. The van der Waals surface area contributed by atoms with Gasteiger partial charge in [-0.25, -0.2) is 12.7 Å². The maximum atomic E-state index is 13.0. The zero-order valence-electron chi connectivity index (χ0n) is 17.1. The third-order valence-corrected chi connectivity index (χ3v) is 8.27. The molecule has 0 bridgehead atoms. The first-order chi connectivity index (χ1) is 13.3. The highest BCUT2D eigenvalue weighted by molar-refractivity contribution is 7.89. The van der Waals surface area contributed by atoms with Gasteiger partial charge in [0, 0.05) is 31.0 Å². The van der Waals surface area contributed by atoms with Gasteiger partial charge in [-0.3, -0.25) is 4.79 Å². The number of benzene rings is 1. The second kappa shape index (κ2) is 8.41. The van der Waals surface area contributed by atoms with Crippen molar-refractivity contribution in [3.8, 4) is 5.75 Å². The molecule has 1 N–H and O–H groups in total. The second-order valence-corrected chi connectivity index (χ2v) is 10.1. The highest BCUT2D eigenvalue weighted by Crippen LogP contribution is 2.42. The van der Waals surface area contributed by atoms with Gasteiger partial charge >= 0.3 is 0 Å². The predicted octanol–water partition coefficient (Wildman–Crippen LogP) is 3.25. The summed E-state index contributed by atoms with van der Waals surface area (Å²) in [6, 6.07) is 7.85. The third-order valence-electron chi connectivity index (χ3n) is 6.39. The quantitative estimate of drug-likeness (QED) is 0.784. The minimum absolute atomic E-state index is 0.0244. The van der Waals surface area contributed by atoms with Crippen LogP contribution in [0.15, 0.2) is 24.3 Å². The number of hydrogen-bond donors (Lipinski definition) is 1. The predicted molar refractivity (Wildman–Crippen MR) is 110 cm³/mol. The standard InChI is InChI=1S/C21H32N2O4S/c1-4-21(5-2)15-18(17-9-7-8-10-19(17)27-21)22-20(24)16-11-13-23(14-12-16)28(25,26)6-3/h7-10,16,18H,4-6,11-15H2,1-3H3,(H,22,24)/t18-/m1/s1. The van der Waals surface area contributed by atoms with Crippen molar-refractivity contribution in [2.45, 2.75) is 64.5 Å². The van der Waals surface area contributed by atoms with Crippen LogP contribution in [0.4, 0.5) is 0 Å². The molecule has 1 fully saturated rings. The van der Waals surface area contributed by atoms with Crippen molar-refractivity contribution in [2.75, 3.05) is 18.8 Å². The van der Waals surface area contributed by atoms with Gasteiger partial charge in [-0.15, -0.1) is 0 Å². The van der Waals surface area contributed by atoms with Crippen molar-refractivity contribution >= 4 is 15.9 Å². The van der Waals surface area contributed by atoms with Crippen molar-refractivity contribution in [1.82, 2.24) is 9.62 Å². The average Bonchev–Trinajstić information content (AvgIpc) is 2.73. The van der Waals surface area contributed by atoms with E-state index in [1.165, 1.54) is 4.31 Å². The first-order valence-electron chi connectivity index (χ1n) is 10.4. The molecular formula is C21H32N2O4S. The molecule has 0 unspecified atom stereocenters. The first kappa shape index (κ1) is 21.1. The van der Waals surface area contributed by atoms with Crippen LogP contribution < -0.4 is 10.1 Å². The van der Waals surface area contributed by atoms with Crippen molar-refractivity contribution in [3.63, 3.8) is 0 Å². The summed E-state index contributed by atoms with van der Waals surface area (Å²) in [6.45, 7) is 6.75. The number of ether oxygens (including phenoxy) is 1. The molecule has 0 spiro atoms. The second-order valence-electron chi connectivity index (χ2n) is 7.87. The Morgan fingerprint density at radius 3 is 2.43 bits per heavy atom. The topological polar surface area (TPSA) is 75.7 Å². The number of carbonyl (C=O) groups is 1. The summed E-state index contributed by atoms with van der Waals surface area (Å²) in [5.41, 5.74) is 0.768. The van der Waals surface area contributed by atoms with E-state index in [9.17, 15) is 13.2 Å². The van der Waals surface area contributed by atoms with E-state index >= 15 is 0 Å². The van der Waals surface area contributed by atoms with E-state index in [-0.39, 0.29) is 29.2 Å². The number of carbonyl (C=O) groups excluding carboxylic acids is 1. The van der Waals surface area contributed by atoms with Gasteiger partial charge in [0.05, 0.1) is 11.8 Å². The Hall–Kier alpha value is -1.60. The maximum absolute atomic E-state index is 13.0. The van der Waals surface area contributed by atoms with Crippen LogP contribution in [0.3, 0.4) is 0 Å². The molecule has 1 aromatic rings. The van der Waals surface area contributed by atoms with E-state index < -0.39 is 10.0 Å². The number of fused-ring (bicyclic) bond motifs is 1. The number of sulfonamides is 1. The summed E-state index contributed by atoms with van der Waals surface area (Å²) in [4.78, 5) is 13.0. The van der Waals surface area contributed by atoms with Crippen molar-refractivity contribution in [2.24, 2.45) is 5.92 Å². The fraction of sp³-hybridized carbons (Fsp3) is 0.667. The Labute approximate surface area is 168 Å². The Morgan fingerprint density at radius 1 is 1.18 bits per heavy atom. The van der Waals surface area contributed by atoms with Gasteiger partial charge in [0.2, 0.25) is 15.9 Å². The molecule has 3 rings (SSSR count). The van der Waals surface area contributed by atoms with Crippen LogP contribution in [0.2, 0.25) is 0 Å². The van der Waals surface area contributed by atoms with Gasteiger partial charge in [0.1, 0.15) is 11.4 Å². The largest absolute Gasteiger partial charge is 0.487 e. The lowest BCUT2D eigenvalue weighted by atomic mass is 9.83. The first-order valence-corrected chi connectivity index (χ1v) is 12.0. The van der Waals surface area contributed by atoms with Crippen LogP contribution in [0.5, 0.6) is 5.75 Å². The van der Waals surface area contributed by atoms with E-state index in [1.54, 1.807) is 6.92 Å². The monoisotopic (exact) mass is 408 g/mol. The third kappa shape index (κ3) is 4.20. The lowest BCUT2D eigenvalue weighted by Crippen LogP contribution is -2.47. The highest BCUT2D eigenvalue weighted by Gasteiger charge is 2.40. The number of nitrogens with one attached hydrogen (secondary N) is 1. The van der Waals surface area contributed by atoms with Gasteiger partial charge in [-0.2, -0.15) is 0 Å². The summed E-state index contributed by atoms with van der Waals surface area (Å²) in [7, 11) is -3.17. The highest BCUT2D eigenvalue weighted by atomic mass is 32.2. The summed E-state index contributed by atoms with van der Waals surface area (Å²) >= 11 is 0. The number of para-hydroxylation sites is 1. The van der Waals surface area contributed by atoms with Crippen LogP contribution in [0, 0.1) is 5.92 Å². The fourth-order valence-electron chi connectivity index (χ4n) is 4.30. The number of nitrogens with zero attached hydrogens (tertiary/aromatic N) is 1. The number of amides is 1. The molecule has 7 heteroatoms. The zero-order chi connectivity index (χ0) is 20.4. The minimum atomic E-state index is -3.17. The summed E-state index contributed by atoms with van der Waals surface area (Å²) in [6.07, 6.45) is 3.67. The Kier molecular flexibility index (Phi) is 6.34. The lowest BCUT2D eigenvalue weighted by Gasteiger charge is -2.42. The van der Waals surface area contributed by atoms with Crippen LogP contribution in [-0.4, -0.2) is 43.1 Å². The van der Waals surface area contributed by atoms with Crippen molar-refractivity contribution in [3.05, 3.63) is 29.8 Å². The molecule has 0 radical (unpaired) electrons. The molecule has 156 valence electrons. The van der Waals surface area contributed by atoms with Crippen LogP contribution in [0.1, 0.15) is 64.5 Å². The zero-order valence-corrected chi connectivity index (χ0v) is 17.9. The van der Waals surface area contributed by atoms with Crippen molar-refractivity contribution in [1.29, 1.82) is 0 Å². The molecule has 1 amide bonds. The molecule has 0 saturated carbocycles. The molecule has 2 aliphatic rings. The molecule has 2 aliphatic heterocycles. The molecule has 2 heterocycles. The van der Waals surface area contributed by atoms with Gasteiger partial charge in [-0.05, 0) is 38.7 Å². The van der Waals surface area contributed by atoms with Gasteiger partial charge < -0.3 is 10.1 Å². The van der Waals surface area contributed by atoms with Gasteiger partial charge in [-0.1, -0.05) is 32.0 Å². The van der Waals surface area contributed by atoms with Crippen molar-refractivity contribution < 1.29 is 17.9 Å². The number of piperidine rings is 1. The molecule has 0 aromatic heterocycles. The van der Waals surface area contributed by atoms with Crippen LogP contribution in [-0.2, 0) is 14.8 Å². The summed E-state index contributed by atoms with van der Waals surface area (Å²) in [5.74, 6) is 0.845.